The molecule has 4 rings (SSSR count). The number of halogens is 1. The van der Waals surface area contributed by atoms with Crippen LogP contribution in [-0.2, 0) is 6.42 Å². The molecule has 2 heterocycles. The first kappa shape index (κ1) is 20.4. The Balaban J connectivity index is 1.53. The van der Waals surface area contributed by atoms with Gasteiger partial charge in [-0.25, -0.2) is 14.1 Å². The summed E-state index contributed by atoms with van der Waals surface area (Å²) in [7, 11) is 0. The van der Waals surface area contributed by atoms with Gasteiger partial charge in [0.15, 0.2) is 5.82 Å². The van der Waals surface area contributed by atoms with Crippen molar-refractivity contribution in [1.29, 1.82) is 0 Å². The van der Waals surface area contributed by atoms with E-state index in [9.17, 15) is 14.0 Å². The smallest absolute Gasteiger partial charge is 0.291 e. The highest BCUT2D eigenvalue weighted by atomic mass is 32.1. The molecular formula is C22H18FN5O2S. The van der Waals surface area contributed by atoms with Gasteiger partial charge in [-0.1, -0.05) is 24.3 Å². The van der Waals surface area contributed by atoms with Crippen molar-refractivity contribution in [2.45, 2.75) is 6.42 Å². The Hall–Kier alpha value is -3.85. The van der Waals surface area contributed by atoms with Gasteiger partial charge >= 0.3 is 0 Å². The lowest BCUT2D eigenvalue weighted by Crippen LogP contribution is -2.27. The number of nitrogens with zero attached hydrogens (tertiary/aromatic N) is 3. The number of rotatable bonds is 7. The number of hydrogen-bond acceptors (Lipinski definition) is 5. The minimum Gasteiger partial charge on any atom is -0.366 e. The predicted octanol–water partition coefficient (Wildman–Crippen LogP) is 3.21. The highest BCUT2D eigenvalue weighted by molar-refractivity contribution is 7.13. The number of benzene rings is 2. The summed E-state index contributed by atoms with van der Waals surface area (Å²) >= 11 is 1.45. The predicted molar refractivity (Wildman–Crippen MR) is 116 cm³/mol. The van der Waals surface area contributed by atoms with Gasteiger partial charge in [0.05, 0.1) is 10.6 Å². The first-order valence-corrected chi connectivity index (χ1v) is 10.3. The Kier molecular flexibility index (Phi) is 5.85. The molecule has 4 aromatic rings. The third kappa shape index (κ3) is 4.67. The van der Waals surface area contributed by atoms with Crippen LogP contribution in [0.3, 0.4) is 0 Å². The number of hydrogen-bond donors (Lipinski definition) is 2. The van der Waals surface area contributed by atoms with Crippen LogP contribution in [0.1, 0.15) is 26.5 Å². The molecule has 2 aromatic carbocycles. The maximum atomic E-state index is 13.7. The molecular weight excluding hydrogens is 417 g/mol. The zero-order valence-electron chi connectivity index (χ0n) is 16.3. The summed E-state index contributed by atoms with van der Waals surface area (Å²) in [5, 5.41) is 8.98. The van der Waals surface area contributed by atoms with Gasteiger partial charge in [-0.3, -0.25) is 9.59 Å². The van der Waals surface area contributed by atoms with Crippen molar-refractivity contribution in [2.75, 3.05) is 6.54 Å². The standard InChI is InChI=1S/C22H18FN5O2S/c23-16-6-2-7-17(13-16)28-21(18-8-3-11-31-18)26-20(27-28)22(30)25-10-9-14-4-1-5-15(12-14)19(24)29/h1-8,11-13H,9-10H2,(H2,24,29)(H,25,30). The molecule has 2 aromatic heterocycles. The zero-order chi connectivity index (χ0) is 21.8. The Bertz CT molecular complexity index is 1240. The molecule has 0 aliphatic heterocycles. The Labute approximate surface area is 181 Å². The van der Waals surface area contributed by atoms with Crippen molar-refractivity contribution in [3.8, 4) is 16.4 Å². The van der Waals surface area contributed by atoms with Crippen LogP contribution in [0.25, 0.3) is 16.4 Å². The molecule has 31 heavy (non-hydrogen) atoms. The highest BCUT2D eigenvalue weighted by Gasteiger charge is 2.19. The summed E-state index contributed by atoms with van der Waals surface area (Å²) in [5.41, 5.74) is 7.06. The van der Waals surface area contributed by atoms with E-state index in [0.29, 0.717) is 30.0 Å². The summed E-state index contributed by atoms with van der Waals surface area (Å²) in [4.78, 5) is 29.1. The average molecular weight is 435 g/mol. The molecule has 0 saturated heterocycles. The monoisotopic (exact) mass is 435 g/mol. The van der Waals surface area contributed by atoms with E-state index in [1.54, 1.807) is 30.3 Å². The van der Waals surface area contributed by atoms with Gasteiger partial charge in [0.2, 0.25) is 11.7 Å². The number of nitrogens with one attached hydrogen (secondary N) is 1. The first-order chi connectivity index (χ1) is 15.0. The largest absolute Gasteiger partial charge is 0.366 e. The lowest BCUT2D eigenvalue weighted by molar-refractivity contribution is 0.0942. The van der Waals surface area contributed by atoms with Gasteiger partial charge in [-0.2, -0.15) is 0 Å². The van der Waals surface area contributed by atoms with E-state index in [1.807, 2.05) is 23.6 Å². The van der Waals surface area contributed by atoms with Crippen LogP contribution in [0.4, 0.5) is 4.39 Å². The van der Waals surface area contributed by atoms with Crippen LogP contribution < -0.4 is 11.1 Å². The number of nitrogens with two attached hydrogens (primary N) is 1. The van der Waals surface area contributed by atoms with Crippen LogP contribution in [0.15, 0.2) is 66.0 Å². The van der Waals surface area contributed by atoms with Gasteiger partial charge < -0.3 is 11.1 Å². The first-order valence-electron chi connectivity index (χ1n) is 9.45. The van der Waals surface area contributed by atoms with E-state index in [-0.39, 0.29) is 5.82 Å². The van der Waals surface area contributed by atoms with E-state index >= 15 is 0 Å². The van der Waals surface area contributed by atoms with E-state index in [2.05, 4.69) is 15.4 Å². The highest BCUT2D eigenvalue weighted by Crippen LogP contribution is 2.25. The van der Waals surface area contributed by atoms with Gasteiger partial charge in [0.25, 0.3) is 5.91 Å². The molecule has 156 valence electrons. The van der Waals surface area contributed by atoms with Gasteiger partial charge in [-0.15, -0.1) is 16.4 Å². The van der Waals surface area contributed by atoms with Crippen molar-refractivity contribution in [3.05, 3.63) is 88.8 Å². The fourth-order valence-electron chi connectivity index (χ4n) is 3.04. The van der Waals surface area contributed by atoms with Gasteiger partial charge in [0.1, 0.15) is 5.82 Å². The van der Waals surface area contributed by atoms with Crippen LogP contribution in [0.5, 0.6) is 0 Å². The van der Waals surface area contributed by atoms with Crippen molar-refractivity contribution in [3.63, 3.8) is 0 Å². The van der Waals surface area contributed by atoms with E-state index < -0.39 is 17.6 Å². The summed E-state index contributed by atoms with van der Waals surface area (Å²) in [6.45, 7) is 0.323. The normalized spacial score (nSPS) is 10.7. The fraction of sp³-hybridized carbons (Fsp3) is 0.0909. The zero-order valence-corrected chi connectivity index (χ0v) is 17.1. The van der Waals surface area contributed by atoms with Crippen molar-refractivity contribution in [1.82, 2.24) is 20.1 Å². The Morgan fingerprint density at radius 1 is 1.10 bits per heavy atom. The summed E-state index contributed by atoms with van der Waals surface area (Å²) in [6.07, 6.45) is 0.509. The second-order valence-electron chi connectivity index (χ2n) is 6.70. The van der Waals surface area contributed by atoms with Crippen molar-refractivity contribution in [2.24, 2.45) is 5.73 Å². The van der Waals surface area contributed by atoms with Gasteiger partial charge in [0, 0.05) is 12.1 Å². The van der Waals surface area contributed by atoms with E-state index in [1.165, 1.54) is 28.2 Å². The van der Waals surface area contributed by atoms with Crippen molar-refractivity contribution < 1.29 is 14.0 Å². The third-order valence-electron chi connectivity index (χ3n) is 4.52. The number of thiophene rings is 1. The fourth-order valence-corrected chi connectivity index (χ4v) is 3.74. The van der Waals surface area contributed by atoms with Crippen LogP contribution in [0, 0.1) is 5.82 Å². The number of carbonyl (C=O) groups is 2. The lowest BCUT2D eigenvalue weighted by atomic mass is 10.1. The molecule has 9 heteroatoms. The Morgan fingerprint density at radius 3 is 2.68 bits per heavy atom. The molecule has 2 amide bonds. The molecule has 0 bridgehead atoms. The van der Waals surface area contributed by atoms with E-state index in [0.717, 1.165) is 10.4 Å². The summed E-state index contributed by atoms with van der Waals surface area (Å²) < 4.78 is 15.2. The van der Waals surface area contributed by atoms with Gasteiger partial charge in [-0.05, 0) is 53.8 Å². The average Bonchev–Trinajstić information content (AvgIpc) is 3.44. The molecule has 0 atom stereocenters. The van der Waals surface area contributed by atoms with Crippen molar-refractivity contribution >= 4 is 23.2 Å². The second kappa shape index (κ2) is 8.88. The second-order valence-corrected chi connectivity index (χ2v) is 7.65. The minimum absolute atomic E-state index is 0.0152. The maximum absolute atomic E-state index is 13.7. The third-order valence-corrected chi connectivity index (χ3v) is 5.38. The molecule has 0 fully saturated rings. The topological polar surface area (TPSA) is 103 Å². The molecule has 0 aliphatic carbocycles. The minimum atomic E-state index is -0.501. The molecule has 0 aliphatic rings. The number of aromatic nitrogens is 3. The molecule has 7 nitrogen and oxygen atoms in total. The Morgan fingerprint density at radius 2 is 1.94 bits per heavy atom. The van der Waals surface area contributed by atoms with Crippen LogP contribution >= 0.6 is 11.3 Å². The molecule has 3 N–H and O–H groups in total. The molecule has 0 spiro atoms. The number of carbonyl (C=O) groups excluding carboxylic acids is 2. The maximum Gasteiger partial charge on any atom is 0.291 e. The number of amides is 2. The quantitative estimate of drug-likeness (QED) is 0.465. The van der Waals surface area contributed by atoms with Crippen LogP contribution in [0.2, 0.25) is 0 Å². The lowest BCUT2D eigenvalue weighted by Gasteiger charge is -2.05. The molecule has 0 saturated carbocycles. The van der Waals surface area contributed by atoms with E-state index in [4.69, 9.17) is 5.73 Å². The van der Waals surface area contributed by atoms with Crippen LogP contribution in [-0.4, -0.2) is 33.1 Å². The number of primary amides is 1. The summed E-state index contributed by atoms with van der Waals surface area (Å²) in [5.74, 6) is -0.911. The SMILES string of the molecule is NC(=O)c1cccc(CCNC(=O)c2nc(-c3cccs3)n(-c3cccc(F)c3)n2)c1. The molecule has 0 radical (unpaired) electrons. The molecule has 0 unspecified atom stereocenters. The summed E-state index contributed by atoms with van der Waals surface area (Å²) in [6, 6.07) is 16.6.